The van der Waals surface area contributed by atoms with Crippen molar-refractivity contribution in [1.29, 1.82) is 0 Å². The van der Waals surface area contributed by atoms with E-state index in [-0.39, 0.29) is 5.12 Å². The fourth-order valence-electron chi connectivity index (χ4n) is 0.403. The minimum absolute atomic E-state index is 0.342. The topological polar surface area (TPSA) is 17.1 Å². The predicted molar refractivity (Wildman–Crippen MR) is 41.3 cm³/mol. The lowest BCUT2D eigenvalue weighted by atomic mass is 10.3. The van der Waals surface area contributed by atoms with Gasteiger partial charge in [0.25, 0.3) is 5.12 Å². The highest BCUT2D eigenvalue weighted by molar-refractivity contribution is 7.97. The smallest absolute Gasteiger partial charge is 0.259 e. The Hall–Kier alpha value is -0.420. The second-order valence-electron chi connectivity index (χ2n) is 1.71. The summed E-state index contributed by atoms with van der Waals surface area (Å²) < 4.78 is 0. The van der Waals surface area contributed by atoms with Crippen molar-refractivity contribution in [1.82, 2.24) is 0 Å². The molecule has 0 aliphatic heterocycles. The number of hydrogen-bond donors (Lipinski definition) is 1. The largest absolute Gasteiger partial charge is 0.272 e. The van der Waals surface area contributed by atoms with Crippen LogP contribution in [0.4, 0.5) is 0 Å². The van der Waals surface area contributed by atoms with Gasteiger partial charge in [-0.1, -0.05) is 31.9 Å². The summed E-state index contributed by atoms with van der Waals surface area (Å²) in [6.07, 6.45) is 2.99. The Morgan fingerprint density at radius 2 is 2.33 bits per heavy atom. The summed E-state index contributed by atoms with van der Waals surface area (Å²) >= 11 is 3.49. The first-order valence-corrected chi connectivity index (χ1v) is 3.44. The van der Waals surface area contributed by atoms with Crippen LogP contribution < -0.4 is 0 Å². The lowest BCUT2D eigenvalue weighted by Crippen LogP contribution is -1.75. The normalized spacial score (nSPS) is 7.78. The molecule has 0 spiro atoms. The molecule has 9 heavy (non-hydrogen) atoms. The van der Waals surface area contributed by atoms with Crippen LogP contribution in [-0.2, 0) is 4.79 Å². The Morgan fingerprint density at radius 1 is 1.67 bits per heavy atom. The van der Waals surface area contributed by atoms with E-state index in [1.807, 2.05) is 0 Å². The molecule has 0 aliphatic carbocycles. The van der Waals surface area contributed by atoms with E-state index in [0.717, 1.165) is 19.3 Å². The maximum atomic E-state index is 10.1. The summed E-state index contributed by atoms with van der Waals surface area (Å²) in [5.41, 5.74) is 0. The molecular weight excluding hydrogens is 132 g/mol. The zero-order valence-electron chi connectivity index (χ0n) is 5.48. The molecule has 0 N–H and O–H groups in total. The molecule has 0 aromatic heterocycles. The van der Waals surface area contributed by atoms with Gasteiger partial charge in [-0.25, -0.2) is 0 Å². The first kappa shape index (κ1) is 8.58. The Balaban J connectivity index is 3.27. The van der Waals surface area contributed by atoms with E-state index < -0.39 is 0 Å². The van der Waals surface area contributed by atoms with Gasteiger partial charge in [-0.05, 0) is 12.3 Å². The van der Waals surface area contributed by atoms with Crippen molar-refractivity contribution in [2.24, 2.45) is 0 Å². The second-order valence-corrected chi connectivity index (χ2v) is 2.12. The highest BCUT2D eigenvalue weighted by Gasteiger charge is 1.79. The van der Waals surface area contributed by atoms with E-state index in [2.05, 4.69) is 31.4 Å². The van der Waals surface area contributed by atoms with E-state index in [9.17, 15) is 4.79 Å². The lowest BCUT2D eigenvalue weighted by Gasteiger charge is -1.81. The fourth-order valence-corrected chi connectivity index (χ4v) is 0.482. The number of carbonyl (C=O) groups excluding carboxylic acids is 1. The molecule has 0 atom stereocenters. The summed E-state index contributed by atoms with van der Waals surface area (Å²) in [4.78, 5) is 10.1. The van der Waals surface area contributed by atoms with Gasteiger partial charge in [0, 0.05) is 6.42 Å². The number of hydrogen-bond acceptors (Lipinski definition) is 1. The zero-order chi connectivity index (χ0) is 7.11. The number of rotatable bonds is 2. The summed E-state index contributed by atoms with van der Waals surface area (Å²) in [5, 5.41) is -0.342. The molecule has 2 heteroatoms. The molecule has 0 unspecified atom stereocenters. The average Bonchev–Trinajstić information content (AvgIpc) is 1.80. The number of thiol groups is 1. The van der Waals surface area contributed by atoms with Gasteiger partial charge in [0.05, 0.1) is 0 Å². The van der Waals surface area contributed by atoms with Crippen LogP contribution in [-0.4, -0.2) is 5.12 Å². The van der Waals surface area contributed by atoms with Gasteiger partial charge in [-0.3, -0.25) is 4.79 Å². The van der Waals surface area contributed by atoms with Crippen molar-refractivity contribution in [2.45, 2.75) is 26.2 Å². The van der Waals surface area contributed by atoms with E-state index in [1.54, 1.807) is 0 Å². The maximum Gasteiger partial charge on any atom is 0.259 e. The number of carbonyl (C=O) groups is 1. The van der Waals surface area contributed by atoms with E-state index in [0.29, 0.717) is 0 Å². The van der Waals surface area contributed by atoms with Crippen molar-refractivity contribution in [3.05, 3.63) is 0 Å². The first-order valence-electron chi connectivity index (χ1n) is 2.99. The monoisotopic (exact) mass is 142 g/mol. The zero-order valence-corrected chi connectivity index (χ0v) is 6.37. The van der Waals surface area contributed by atoms with Crippen LogP contribution in [0.5, 0.6) is 0 Å². The Labute approximate surface area is 61.2 Å². The van der Waals surface area contributed by atoms with Crippen molar-refractivity contribution >= 4 is 17.7 Å². The Morgan fingerprint density at radius 3 is 2.78 bits per heavy atom. The molecule has 1 nitrogen and oxygen atoms in total. The fraction of sp³-hybridized carbons (Fsp3) is 0.571. The minimum Gasteiger partial charge on any atom is -0.272 e. The van der Waals surface area contributed by atoms with Crippen LogP contribution in [0.1, 0.15) is 26.2 Å². The second kappa shape index (κ2) is 5.71. The molecule has 0 aliphatic rings. The van der Waals surface area contributed by atoms with Crippen LogP contribution in [0.3, 0.4) is 0 Å². The summed E-state index contributed by atoms with van der Waals surface area (Å²) in [6.45, 7) is 2.09. The van der Waals surface area contributed by atoms with E-state index in [4.69, 9.17) is 0 Å². The molecule has 0 aromatic rings. The minimum atomic E-state index is -0.342. The molecule has 0 saturated carbocycles. The average molecular weight is 142 g/mol. The molecular formula is C7H10OS. The van der Waals surface area contributed by atoms with Gasteiger partial charge in [0.2, 0.25) is 0 Å². The third-order valence-corrected chi connectivity index (χ3v) is 0.962. The Kier molecular flexibility index (Phi) is 5.45. The van der Waals surface area contributed by atoms with Crippen molar-refractivity contribution in [2.75, 3.05) is 0 Å². The molecule has 0 heterocycles. The molecule has 0 amide bonds. The maximum absolute atomic E-state index is 10.1. The van der Waals surface area contributed by atoms with Crippen LogP contribution in [0.25, 0.3) is 0 Å². The summed E-state index contributed by atoms with van der Waals surface area (Å²) in [5.74, 6) is 5.07. The van der Waals surface area contributed by atoms with Crippen LogP contribution in [0.15, 0.2) is 0 Å². The lowest BCUT2D eigenvalue weighted by molar-refractivity contribution is -0.106. The van der Waals surface area contributed by atoms with Crippen molar-refractivity contribution < 1.29 is 4.79 Å². The molecule has 50 valence electrons. The van der Waals surface area contributed by atoms with Crippen molar-refractivity contribution in [3.63, 3.8) is 0 Å². The third kappa shape index (κ3) is 7.58. The predicted octanol–water partition coefficient (Wildman–Crippen LogP) is 1.64. The van der Waals surface area contributed by atoms with Crippen LogP contribution in [0.2, 0.25) is 0 Å². The molecule has 0 radical (unpaired) electrons. The quantitative estimate of drug-likeness (QED) is 0.352. The van der Waals surface area contributed by atoms with Gasteiger partial charge in [-0.15, -0.1) is 0 Å². The van der Waals surface area contributed by atoms with Gasteiger partial charge in [-0.2, -0.15) is 0 Å². The van der Waals surface area contributed by atoms with Crippen molar-refractivity contribution in [3.8, 4) is 11.8 Å². The SMILES string of the molecule is CCCCC#CC(=O)S. The summed E-state index contributed by atoms with van der Waals surface area (Å²) in [6, 6.07) is 0. The first-order chi connectivity index (χ1) is 4.27. The molecule has 0 aromatic carbocycles. The van der Waals surface area contributed by atoms with Gasteiger partial charge < -0.3 is 0 Å². The standard InChI is InChI=1S/C7H10OS/c1-2-3-4-5-6-7(8)9/h2-4H2,1H3,(H,8,9). The molecule has 0 fully saturated rings. The molecule has 0 bridgehead atoms. The number of unbranched alkanes of at least 4 members (excludes halogenated alkanes) is 2. The Bertz CT molecular complexity index is 141. The third-order valence-electron chi connectivity index (χ3n) is 0.851. The highest BCUT2D eigenvalue weighted by atomic mass is 32.1. The van der Waals surface area contributed by atoms with Gasteiger partial charge in [0.15, 0.2) is 0 Å². The summed E-state index contributed by atoms with van der Waals surface area (Å²) in [7, 11) is 0. The molecule has 0 rings (SSSR count). The van der Waals surface area contributed by atoms with Crippen LogP contribution >= 0.6 is 12.6 Å². The molecule has 0 saturated heterocycles. The van der Waals surface area contributed by atoms with Crippen LogP contribution in [0, 0.1) is 11.8 Å². The van der Waals surface area contributed by atoms with Gasteiger partial charge >= 0.3 is 0 Å². The van der Waals surface area contributed by atoms with E-state index >= 15 is 0 Å². The van der Waals surface area contributed by atoms with Gasteiger partial charge in [0.1, 0.15) is 0 Å². The van der Waals surface area contributed by atoms with E-state index in [1.165, 1.54) is 0 Å². The highest BCUT2D eigenvalue weighted by Crippen LogP contribution is 1.90.